The van der Waals surface area contributed by atoms with Crippen LogP contribution in [0.1, 0.15) is 6.42 Å². The van der Waals surface area contributed by atoms with E-state index in [9.17, 15) is 8.42 Å². The molecule has 3 N–H and O–H groups in total. The first-order valence-electron chi connectivity index (χ1n) is 5.02. The number of hydrogen-bond acceptors (Lipinski definition) is 4. The van der Waals surface area contributed by atoms with Crippen LogP contribution in [0.5, 0.6) is 5.75 Å². The summed E-state index contributed by atoms with van der Waals surface area (Å²) in [6.45, 7) is 0.338. The number of nitrogens with one attached hydrogen (secondary N) is 1. The smallest absolute Gasteiger partial charge is 0.232 e. The molecule has 1 rings (SSSR count). The molecule has 0 atom stereocenters. The van der Waals surface area contributed by atoms with E-state index in [4.69, 9.17) is 22.1 Å². The van der Waals surface area contributed by atoms with Gasteiger partial charge in [0.2, 0.25) is 10.0 Å². The van der Waals surface area contributed by atoms with Crippen LogP contribution in [0.25, 0.3) is 0 Å². The molecule has 0 saturated heterocycles. The van der Waals surface area contributed by atoms with Crippen LogP contribution < -0.4 is 15.2 Å². The second-order valence-electron chi connectivity index (χ2n) is 3.41. The maximum absolute atomic E-state index is 11.6. The molecule has 0 radical (unpaired) electrons. The van der Waals surface area contributed by atoms with E-state index < -0.39 is 10.0 Å². The molecule has 0 saturated carbocycles. The Balaban J connectivity index is 2.78. The molecule has 5 nitrogen and oxygen atoms in total. The monoisotopic (exact) mass is 278 g/mol. The zero-order valence-corrected chi connectivity index (χ0v) is 11.0. The molecule has 0 aliphatic heterocycles. The number of methoxy groups -OCH3 is 1. The fraction of sp³-hybridized carbons (Fsp3) is 0.400. The third-order valence-electron chi connectivity index (χ3n) is 2.04. The number of nitrogens with two attached hydrogens (primary N) is 1. The Labute approximate surface area is 106 Å². The Kier molecular flexibility index (Phi) is 5.04. The number of ether oxygens (including phenoxy) is 1. The molecule has 1 aromatic carbocycles. The number of benzene rings is 1. The predicted octanol–water partition coefficient (Wildman–Crippen LogP) is 1.44. The van der Waals surface area contributed by atoms with Crippen molar-refractivity contribution in [1.29, 1.82) is 0 Å². The van der Waals surface area contributed by atoms with Crippen LogP contribution in [0.4, 0.5) is 5.69 Å². The SMILES string of the molecule is COc1ccc(NS(=O)(=O)CCCN)cc1Cl. The highest BCUT2D eigenvalue weighted by Crippen LogP contribution is 2.27. The van der Waals surface area contributed by atoms with Crippen molar-refractivity contribution in [2.24, 2.45) is 5.73 Å². The summed E-state index contributed by atoms with van der Waals surface area (Å²) in [5.74, 6) is 0.490. The van der Waals surface area contributed by atoms with Crippen molar-refractivity contribution < 1.29 is 13.2 Å². The quantitative estimate of drug-likeness (QED) is 0.825. The van der Waals surface area contributed by atoms with Gasteiger partial charge in [0.15, 0.2) is 0 Å². The van der Waals surface area contributed by atoms with Gasteiger partial charge in [-0.15, -0.1) is 0 Å². The van der Waals surface area contributed by atoms with E-state index in [1.165, 1.54) is 13.2 Å². The number of sulfonamides is 1. The molecule has 7 heteroatoms. The van der Waals surface area contributed by atoms with Crippen LogP contribution in [0.2, 0.25) is 5.02 Å². The van der Waals surface area contributed by atoms with Crippen molar-refractivity contribution in [1.82, 2.24) is 0 Å². The first-order chi connectivity index (χ1) is 7.98. The van der Waals surface area contributed by atoms with Crippen molar-refractivity contribution in [3.8, 4) is 5.75 Å². The summed E-state index contributed by atoms with van der Waals surface area (Å²) in [6, 6.07) is 4.69. The average Bonchev–Trinajstić information content (AvgIpc) is 2.26. The van der Waals surface area contributed by atoms with Crippen LogP contribution in [-0.4, -0.2) is 27.8 Å². The summed E-state index contributed by atoms with van der Waals surface area (Å²) < 4.78 is 30.6. The summed E-state index contributed by atoms with van der Waals surface area (Å²) in [7, 11) is -1.87. The third kappa shape index (κ3) is 4.41. The highest BCUT2D eigenvalue weighted by atomic mass is 35.5. The molecular weight excluding hydrogens is 264 g/mol. The normalized spacial score (nSPS) is 11.2. The highest BCUT2D eigenvalue weighted by molar-refractivity contribution is 7.92. The van der Waals surface area contributed by atoms with Crippen LogP contribution in [0.15, 0.2) is 18.2 Å². The lowest BCUT2D eigenvalue weighted by Crippen LogP contribution is -2.18. The van der Waals surface area contributed by atoms with E-state index in [2.05, 4.69) is 4.72 Å². The van der Waals surface area contributed by atoms with Gasteiger partial charge in [0.05, 0.1) is 23.6 Å². The first kappa shape index (κ1) is 14.1. The van der Waals surface area contributed by atoms with Gasteiger partial charge in [-0.25, -0.2) is 8.42 Å². The maximum atomic E-state index is 11.6. The number of anilines is 1. The molecule has 0 aliphatic rings. The van der Waals surface area contributed by atoms with Gasteiger partial charge in [-0.3, -0.25) is 4.72 Å². The van der Waals surface area contributed by atoms with Crippen LogP contribution >= 0.6 is 11.6 Å². The van der Waals surface area contributed by atoms with Gasteiger partial charge in [-0.2, -0.15) is 0 Å². The van der Waals surface area contributed by atoms with E-state index >= 15 is 0 Å². The van der Waals surface area contributed by atoms with Gasteiger partial charge in [0.1, 0.15) is 5.75 Å². The van der Waals surface area contributed by atoms with Crippen molar-refractivity contribution in [3.05, 3.63) is 23.2 Å². The lowest BCUT2D eigenvalue weighted by atomic mass is 10.3. The molecule has 0 heterocycles. The molecular formula is C10H15ClN2O3S. The Morgan fingerprint density at radius 2 is 2.18 bits per heavy atom. The average molecular weight is 279 g/mol. The van der Waals surface area contributed by atoms with Crippen molar-refractivity contribution in [3.63, 3.8) is 0 Å². The van der Waals surface area contributed by atoms with E-state index in [0.717, 1.165) is 0 Å². The van der Waals surface area contributed by atoms with E-state index in [1.807, 2.05) is 0 Å². The standard InChI is InChI=1S/C10H15ClN2O3S/c1-16-10-4-3-8(7-9(10)11)13-17(14,15)6-2-5-12/h3-4,7,13H,2,5-6,12H2,1H3. The first-order valence-corrected chi connectivity index (χ1v) is 7.05. The van der Waals surface area contributed by atoms with Crippen LogP contribution in [-0.2, 0) is 10.0 Å². The fourth-order valence-corrected chi connectivity index (χ4v) is 2.63. The molecule has 0 unspecified atom stereocenters. The minimum Gasteiger partial charge on any atom is -0.495 e. The molecule has 0 aliphatic carbocycles. The predicted molar refractivity (Wildman–Crippen MR) is 69.1 cm³/mol. The molecule has 0 fully saturated rings. The second-order valence-corrected chi connectivity index (χ2v) is 5.66. The summed E-state index contributed by atoms with van der Waals surface area (Å²) >= 11 is 5.88. The fourth-order valence-electron chi connectivity index (χ4n) is 1.23. The van der Waals surface area contributed by atoms with Gasteiger partial charge < -0.3 is 10.5 Å². The van der Waals surface area contributed by atoms with Gasteiger partial charge >= 0.3 is 0 Å². The topological polar surface area (TPSA) is 81.4 Å². The van der Waals surface area contributed by atoms with Crippen LogP contribution in [0.3, 0.4) is 0 Å². The lowest BCUT2D eigenvalue weighted by molar-refractivity contribution is 0.415. The zero-order chi connectivity index (χ0) is 12.9. The Morgan fingerprint density at radius 1 is 1.47 bits per heavy atom. The molecule has 1 aromatic rings. The lowest BCUT2D eigenvalue weighted by Gasteiger charge is -2.09. The summed E-state index contributed by atoms with van der Waals surface area (Å²) in [5.41, 5.74) is 5.67. The Hall–Kier alpha value is -0.980. The molecule has 0 spiro atoms. The third-order valence-corrected chi connectivity index (χ3v) is 3.71. The number of halogens is 1. The van der Waals surface area contributed by atoms with Gasteiger partial charge in [-0.05, 0) is 31.2 Å². The second kappa shape index (κ2) is 6.09. The van der Waals surface area contributed by atoms with E-state index in [0.29, 0.717) is 29.4 Å². The summed E-state index contributed by atoms with van der Waals surface area (Å²) in [4.78, 5) is 0. The minimum atomic E-state index is -3.36. The molecule has 0 amide bonds. The van der Waals surface area contributed by atoms with Gasteiger partial charge in [-0.1, -0.05) is 11.6 Å². The largest absolute Gasteiger partial charge is 0.495 e. The van der Waals surface area contributed by atoms with Crippen molar-refractivity contribution in [2.75, 3.05) is 24.1 Å². The highest BCUT2D eigenvalue weighted by Gasteiger charge is 2.10. The van der Waals surface area contributed by atoms with Crippen LogP contribution in [0, 0.1) is 0 Å². The van der Waals surface area contributed by atoms with Gasteiger partial charge in [0, 0.05) is 0 Å². The minimum absolute atomic E-state index is 0.00680. The Bertz CT molecular complexity index is 476. The number of rotatable bonds is 6. The Morgan fingerprint density at radius 3 is 2.71 bits per heavy atom. The summed E-state index contributed by atoms with van der Waals surface area (Å²) in [6.07, 6.45) is 0.416. The van der Waals surface area contributed by atoms with E-state index in [-0.39, 0.29) is 5.75 Å². The van der Waals surface area contributed by atoms with Crippen molar-refractivity contribution >= 4 is 27.3 Å². The van der Waals surface area contributed by atoms with Crippen molar-refractivity contribution in [2.45, 2.75) is 6.42 Å². The summed E-state index contributed by atoms with van der Waals surface area (Å²) in [5, 5.41) is 0.353. The molecule has 17 heavy (non-hydrogen) atoms. The molecule has 96 valence electrons. The zero-order valence-electron chi connectivity index (χ0n) is 9.44. The molecule has 0 aromatic heterocycles. The molecule has 0 bridgehead atoms. The maximum Gasteiger partial charge on any atom is 0.232 e. The van der Waals surface area contributed by atoms with Gasteiger partial charge in [0.25, 0.3) is 0 Å². The van der Waals surface area contributed by atoms with E-state index in [1.54, 1.807) is 12.1 Å². The number of hydrogen-bond donors (Lipinski definition) is 2.